The number of nitrogens with zero attached hydrogens (tertiary/aromatic N) is 2. The van der Waals surface area contributed by atoms with Gasteiger partial charge < -0.3 is 10.6 Å². The number of hydrogen-bond acceptors (Lipinski definition) is 4. The van der Waals surface area contributed by atoms with Crippen molar-refractivity contribution in [3.05, 3.63) is 29.8 Å². The van der Waals surface area contributed by atoms with Crippen LogP contribution in [-0.4, -0.2) is 55.2 Å². The molecule has 2 saturated heterocycles. The molecule has 2 aliphatic rings. The molecule has 2 aliphatic heterocycles. The Morgan fingerprint density at radius 2 is 1.74 bits per heavy atom. The highest BCUT2D eigenvalue weighted by Crippen LogP contribution is 2.23. The van der Waals surface area contributed by atoms with E-state index in [1.165, 1.54) is 0 Å². The summed E-state index contributed by atoms with van der Waals surface area (Å²) in [6, 6.07) is 7.12. The molecule has 2 atom stereocenters. The molecule has 0 spiro atoms. The van der Waals surface area contributed by atoms with Crippen molar-refractivity contribution in [3.8, 4) is 0 Å². The number of rotatable bonds is 6. The third kappa shape index (κ3) is 4.70. The predicted octanol–water partition coefficient (Wildman–Crippen LogP) is 2.13. The molecule has 2 fully saturated rings. The third-order valence-electron chi connectivity index (χ3n) is 5.73. The van der Waals surface area contributed by atoms with E-state index in [0.717, 1.165) is 44.2 Å². The van der Waals surface area contributed by atoms with E-state index in [2.05, 4.69) is 0 Å². The van der Waals surface area contributed by atoms with Crippen molar-refractivity contribution in [2.24, 2.45) is 5.73 Å². The molecule has 2 unspecified atom stereocenters. The summed E-state index contributed by atoms with van der Waals surface area (Å²) in [6.07, 6.45) is 6.05. The van der Waals surface area contributed by atoms with Crippen LogP contribution in [0.3, 0.4) is 0 Å². The van der Waals surface area contributed by atoms with Gasteiger partial charge in [-0.05, 0) is 63.1 Å². The zero-order valence-corrected chi connectivity index (χ0v) is 17.0. The lowest BCUT2D eigenvalue weighted by molar-refractivity contribution is -0.135. The van der Waals surface area contributed by atoms with Gasteiger partial charge in [0.05, 0.1) is 4.90 Å². The van der Waals surface area contributed by atoms with Gasteiger partial charge in [0.2, 0.25) is 15.9 Å². The molecule has 6 nitrogen and oxygen atoms in total. The van der Waals surface area contributed by atoms with Gasteiger partial charge >= 0.3 is 0 Å². The molecule has 27 heavy (non-hydrogen) atoms. The van der Waals surface area contributed by atoms with Gasteiger partial charge in [0.25, 0.3) is 0 Å². The van der Waals surface area contributed by atoms with Crippen molar-refractivity contribution < 1.29 is 13.2 Å². The fourth-order valence-electron chi connectivity index (χ4n) is 4.11. The van der Waals surface area contributed by atoms with Crippen LogP contribution in [0.4, 0.5) is 0 Å². The third-order valence-corrected chi connectivity index (χ3v) is 7.64. The predicted molar refractivity (Wildman–Crippen MR) is 106 cm³/mol. The van der Waals surface area contributed by atoms with Gasteiger partial charge in [-0.25, -0.2) is 8.42 Å². The maximum absolute atomic E-state index is 12.7. The van der Waals surface area contributed by atoms with E-state index in [1.807, 2.05) is 24.0 Å². The van der Waals surface area contributed by atoms with Gasteiger partial charge in [-0.2, -0.15) is 4.31 Å². The lowest BCUT2D eigenvalue weighted by Gasteiger charge is -2.38. The Morgan fingerprint density at radius 3 is 2.37 bits per heavy atom. The molecule has 2 heterocycles. The molecule has 1 aromatic carbocycles. The molecule has 1 aromatic rings. The van der Waals surface area contributed by atoms with Crippen molar-refractivity contribution in [1.82, 2.24) is 9.21 Å². The molecule has 2 N–H and O–H groups in total. The largest absolute Gasteiger partial charge is 0.338 e. The Kier molecular flexibility index (Phi) is 6.55. The minimum atomic E-state index is -3.38. The average Bonchev–Trinajstić information content (AvgIpc) is 3.22. The van der Waals surface area contributed by atoms with Crippen LogP contribution in [0.1, 0.15) is 51.0 Å². The molecule has 0 aliphatic carbocycles. The molecule has 0 radical (unpaired) electrons. The van der Waals surface area contributed by atoms with Crippen LogP contribution in [0.2, 0.25) is 0 Å². The van der Waals surface area contributed by atoms with Crippen LogP contribution >= 0.6 is 0 Å². The zero-order chi connectivity index (χ0) is 19.4. The molecule has 150 valence electrons. The molecule has 0 bridgehead atoms. The first-order chi connectivity index (χ1) is 12.9. The summed E-state index contributed by atoms with van der Waals surface area (Å²) in [5, 5.41) is 0. The number of hydrogen-bond donors (Lipinski definition) is 1. The number of likely N-dealkylation sites (tertiary alicyclic amines) is 1. The summed E-state index contributed by atoms with van der Waals surface area (Å²) in [4.78, 5) is 14.9. The number of carbonyl (C=O) groups excluding carboxylic acids is 1. The van der Waals surface area contributed by atoms with Gasteiger partial charge in [-0.3, -0.25) is 4.79 Å². The second-order valence-corrected chi connectivity index (χ2v) is 9.70. The van der Waals surface area contributed by atoms with Crippen LogP contribution in [0.25, 0.3) is 0 Å². The van der Waals surface area contributed by atoms with Gasteiger partial charge in [0, 0.05) is 38.1 Å². The molecule has 0 saturated carbocycles. The maximum atomic E-state index is 12.7. The Bertz CT molecular complexity index is 740. The average molecular weight is 394 g/mol. The Morgan fingerprint density at radius 1 is 1.11 bits per heavy atom. The van der Waals surface area contributed by atoms with Crippen LogP contribution < -0.4 is 5.73 Å². The van der Waals surface area contributed by atoms with Crippen LogP contribution in [0, 0.1) is 0 Å². The Labute approximate surface area is 162 Å². The topological polar surface area (TPSA) is 83.7 Å². The van der Waals surface area contributed by atoms with Gasteiger partial charge in [-0.15, -0.1) is 0 Å². The summed E-state index contributed by atoms with van der Waals surface area (Å²) in [5.41, 5.74) is 7.04. The fraction of sp³-hybridized carbons (Fsp3) is 0.650. The second-order valence-electron chi connectivity index (χ2n) is 7.76. The number of piperidine rings is 1. The number of amides is 1. The smallest absolute Gasteiger partial charge is 0.243 e. The zero-order valence-electron chi connectivity index (χ0n) is 16.1. The van der Waals surface area contributed by atoms with Crippen LogP contribution in [-0.2, 0) is 21.2 Å². The van der Waals surface area contributed by atoms with Gasteiger partial charge in [0.1, 0.15) is 0 Å². The fourth-order valence-corrected chi connectivity index (χ4v) is 5.63. The molecule has 1 amide bonds. The minimum Gasteiger partial charge on any atom is -0.338 e. The molecular weight excluding hydrogens is 362 g/mol. The summed E-state index contributed by atoms with van der Waals surface area (Å²) >= 11 is 0. The van der Waals surface area contributed by atoms with Crippen molar-refractivity contribution in [3.63, 3.8) is 0 Å². The lowest BCUT2D eigenvalue weighted by Crippen LogP contribution is -2.51. The monoisotopic (exact) mass is 393 g/mol. The second kappa shape index (κ2) is 8.71. The number of nitrogens with two attached hydrogens (primary N) is 1. The molecular formula is C20H31N3O3S. The van der Waals surface area contributed by atoms with E-state index < -0.39 is 10.0 Å². The quantitative estimate of drug-likeness (QED) is 0.802. The number of benzene rings is 1. The van der Waals surface area contributed by atoms with E-state index in [4.69, 9.17) is 5.73 Å². The Hall–Kier alpha value is -1.44. The summed E-state index contributed by atoms with van der Waals surface area (Å²) in [6.45, 7) is 3.97. The minimum absolute atomic E-state index is 0.00988. The van der Waals surface area contributed by atoms with Crippen molar-refractivity contribution >= 4 is 15.9 Å². The molecule has 0 aromatic heterocycles. The van der Waals surface area contributed by atoms with E-state index in [-0.39, 0.29) is 18.0 Å². The highest BCUT2D eigenvalue weighted by Gasteiger charge is 2.29. The van der Waals surface area contributed by atoms with Gasteiger partial charge in [0.15, 0.2) is 0 Å². The standard InChI is InChI=1S/C20H31N3O3S/c1-16(21)19-6-2-3-15-23(19)20(24)12-9-17-7-10-18(11-8-17)27(25,26)22-13-4-5-14-22/h7-8,10-11,16,19H,2-6,9,12-15,21H2,1H3. The molecule has 7 heteroatoms. The molecule has 3 rings (SSSR count). The first kappa shape index (κ1) is 20.3. The summed E-state index contributed by atoms with van der Waals surface area (Å²) in [7, 11) is -3.38. The van der Waals surface area contributed by atoms with Crippen molar-refractivity contribution in [2.75, 3.05) is 19.6 Å². The van der Waals surface area contributed by atoms with Crippen LogP contribution in [0.5, 0.6) is 0 Å². The van der Waals surface area contributed by atoms with E-state index >= 15 is 0 Å². The maximum Gasteiger partial charge on any atom is 0.243 e. The van der Waals surface area contributed by atoms with Crippen molar-refractivity contribution in [2.45, 2.75) is 68.8 Å². The highest BCUT2D eigenvalue weighted by molar-refractivity contribution is 7.89. The summed E-state index contributed by atoms with van der Waals surface area (Å²) in [5.74, 6) is 0.144. The first-order valence-electron chi connectivity index (χ1n) is 10.0. The first-order valence-corrected chi connectivity index (χ1v) is 11.5. The highest BCUT2D eigenvalue weighted by atomic mass is 32.2. The SMILES string of the molecule is CC(N)C1CCCCN1C(=O)CCc1ccc(S(=O)(=O)N2CCCC2)cc1. The normalized spacial score (nSPS) is 22.7. The van der Waals surface area contributed by atoms with E-state index in [1.54, 1.807) is 16.4 Å². The van der Waals surface area contributed by atoms with E-state index in [0.29, 0.717) is 30.8 Å². The number of aryl methyl sites for hydroxylation is 1. The van der Waals surface area contributed by atoms with Crippen LogP contribution in [0.15, 0.2) is 29.2 Å². The summed E-state index contributed by atoms with van der Waals surface area (Å²) < 4.78 is 26.7. The van der Waals surface area contributed by atoms with Gasteiger partial charge in [-0.1, -0.05) is 12.1 Å². The number of carbonyl (C=O) groups is 1. The number of sulfonamides is 1. The Balaban J connectivity index is 1.59. The van der Waals surface area contributed by atoms with Crippen molar-refractivity contribution in [1.29, 1.82) is 0 Å². The van der Waals surface area contributed by atoms with E-state index in [9.17, 15) is 13.2 Å². The lowest BCUT2D eigenvalue weighted by atomic mass is 9.96.